The Hall–Kier alpha value is -1.29. The molecule has 1 aliphatic heterocycles. The number of rotatable bonds is 6. The van der Waals surface area contributed by atoms with E-state index in [2.05, 4.69) is 5.32 Å². The van der Waals surface area contributed by atoms with E-state index in [1.54, 1.807) is 4.90 Å². The molecule has 1 fully saturated rings. The van der Waals surface area contributed by atoms with Crippen LogP contribution in [0, 0.1) is 17.2 Å². The number of thioether (sulfide) groups is 1. The van der Waals surface area contributed by atoms with Gasteiger partial charge >= 0.3 is 0 Å². The van der Waals surface area contributed by atoms with Crippen LogP contribution < -0.4 is 5.32 Å². The zero-order valence-electron chi connectivity index (χ0n) is 10.2. The summed E-state index contributed by atoms with van der Waals surface area (Å²) in [6.45, 7) is 1.70. The minimum absolute atomic E-state index is 0.0355. The van der Waals surface area contributed by atoms with Crippen LogP contribution in [0.3, 0.4) is 0 Å². The highest BCUT2D eigenvalue weighted by Gasteiger charge is 2.34. The zero-order chi connectivity index (χ0) is 13.5. The first-order valence-electron chi connectivity index (χ1n) is 5.78. The lowest BCUT2D eigenvalue weighted by molar-refractivity contribution is -0.129. The predicted molar refractivity (Wildman–Crippen MR) is 66.3 cm³/mol. The van der Waals surface area contributed by atoms with Gasteiger partial charge in [0, 0.05) is 19.5 Å². The highest BCUT2D eigenvalue weighted by atomic mass is 32.2. The Balaban J connectivity index is 2.56. The maximum atomic E-state index is 11.9. The van der Waals surface area contributed by atoms with Crippen LogP contribution in [0.2, 0.25) is 0 Å². The van der Waals surface area contributed by atoms with Crippen molar-refractivity contribution in [2.75, 3.05) is 25.5 Å². The summed E-state index contributed by atoms with van der Waals surface area (Å²) in [5.74, 6) is -0.878. The molecule has 5 nitrogen and oxygen atoms in total. The average molecular weight is 273 g/mol. The van der Waals surface area contributed by atoms with Gasteiger partial charge in [-0.3, -0.25) is 9.59 Å². The number of halogens is 1. The molecule has 100 valence electrons. The van der Waals surface area contributed by atoms with Crippen LogP contribution in [0.1, 0.15) is 13.3 Å². The summed E-state index contributed by atoms with van der Waals surface area (Å²) in [5, 5.41) is 11.2. The van der Waals surface area contributed by atoms with Crippen molar-refractivity contribution in [2.45, 2.75) is 18.7 Å². The molecule has 0 bridgehead atoms. The number of carbonyl (C=O) groups is 2. The molecule has 1 heterocycles. The van der Waals surface area contributed by atoms with E-state index in [1.807, 2.05) is 13.0 Å². The average Bonchev–Trinajstić information content (AvgIpc) is 2.73. The van der Waals surface area contributed by atoms with Gasteiger partial charge in [0.1, 0.15) is 12.6 Å². The fourth-order valence-corrected chi connectivity index (χ4v) is 3.07. The number of nitrogens with zero attached hydrogens (tertiary/aromatic N) is 2. The Morgan fingerprint density at radius 1 is 1.78 bits per heavy atom. The van der Waals surface area contributed by atoms with Crippen molar-refractivity contribution in [3.8, 4) is 6.07 Å². The van der Waals surface area contributed by atoms with E-state index in [0.717, 1.165) is 0 Å². The molecule has 2 unspecified atom stereocenters. The summed E-state index contributed by atoms with van der Waals surface area (Å²) in [7, 11) is 0. The quantitative estimate of drug-likeness (QED) is 0.766. The number of nitriles is 1. The van der Waals surface area contributed by atoms with Gasteiger partial charge < -0.3 is 10.2 Å². The van der Waals surface area contributed by atoms with E-state index in [-0.39, 0.29) is 17.8 Å². The maximum absolute atomic E-state index is 11.9. The molecule has 1 saturated heterocycles. The zero-order valence-corrected chi connectivity index (χ0v) is 11.0. The molecule has 0 aromatic carbocycles. The third-order valence-corrected chi connectivity index (χ3v) is 3.96. The van der Waals surface area contributed by atoms with Gasteiger partial charge in [-0.25, -0.2) is 4.39 Å². The molecule has 7 heteroatoms. The van der Waals surface area contributed by atoms with Crippen LogP contribution in [0.25, 0.3) is 0 Å². The molecule has 0 spiro atoms. The van der Waals surface area contributed by atoms with Gasteiger partial charge in [-0.1, -0.05) is 0 Å². The molecule has 1 aliphatic rings. The van der Waals surface area contributed by atoms with Crippen molar-refractivity contribution in [3.63, 3.8) is 0 Å². The van der Waals surface area contributed by atoms with Gasteiger partial charge in [-0.15, -0.1) is 11.8 Å². The minimum Gasteiger partial charge on any atom is -0.352 e. The lowest BCUT2D eigenvalue weighted by Crippen LogP contribution is -2.38. The van der Waals surface area contributed by atoms with Crippen LogP contribution in [-0.2, 0) is 9.59 Å². The number of carbonyl (C=O) groups excluding carboxylic acids is 2. The SMILES string of the molecule is CCN1C(=O)CSC1CC(C#N)C(=O)NCCF. The van der Waals surface area contributed by atoms with Crippen molar-refractivity contribution in [2.24, 2.45) is 5.92 Å². The molecular formula is C11H16FN3O2S. The molecular weight excluding hydrogens is 257 g/mol. The molecule has 0 aromatic heterocycles. The van der Waals surface area contributed by atoms with E-state index >= 15 is 0 Å². The van der Waals surface area contributed by atoms with E-state index in [9.17, 15) is 14.0 Å². The predicted octanol–water partition coefficient (Wildman–Crippen LogP) is 0.523. The Kier molecular flexibility index (Phi) is 5.92. The van der Waals surface area contributed by atoms with Gasteiger partial charge in [0.25, 0.3) is 0 Å². The Morgan fingerprint density at radius 3 is 3.06 bits per heavy atom. The Labute approximate surface area is 110 Å². The normalized spacial score (nSPS) is 20.6. The topological polar surface area (TPSA) is 73.2 Å². The van der Waals surface area contributed by atoms with Gasteiger partial charge in [0.15, 0.2) is 0 Å². The number of alkyl halides is 1. The van der Waals surface area contributed by atoms with Crippen LogP contribution in [0.15, 0.2) is 0 Å². The fraction of sp³-hybridized carbons (Fsp3) is 0.727. The van der Waals surface area contributed by atoms with Gasteiger partial charge in [-0.05, 0) is 6.92 Å². The second-order valence-electron chi connectivity index (χ2n) is 3.84. The molecule has 0 aliphatic carbocycles. The molecule has 0 aromatic rings. The Morgan fingerprint density at radius 2 is 2.50 bits per heavy atom. The van der Waals surface area contributed by atoms with Crippen LogP contribution >= 0.6 is 11.8 Å². The first-order valence-corrected chi connectivity index (χ1v) is 6.83. The summed E-state index contributed by atoms with van der Waals surface area (Å²) in [5.41, 5.74) is 0. The summed E-state index contributed by atoms with van der Waals surface area (Å²) in [6.07, 6.45) is 0.291. The van der Waals surface area contributed by atoms with Crippen LogP contribution in [0.4, 0.5) is 4.39 Å². The monoisotopic (exact) mass is 273 g/mol. The van der Waals surface area contributed by atoms with E-state index in [0.29, 0.717) is 18.7 Å². The number of nitrogens with one attached hydrogen (secondary N) is 1. The molecule has 0 radical (unpaired) electrons. The molecule has 2 atom stereocenters. The number of hydrogen-bond donors (Lipinski definition) is 1. The highest BCUT2D eigenvalue weighted by Crippen LogP contribution is 2.29. The smallest absolute Gasteiger partial charge is 0.237 e. The second kappa shape index (κ2) is 7.21. The first-order chi connectivity index (χ1) is 8.63. The second-order valence-corrected chi connectivity index (χ2v) is 5.01. The fourth-order valence-electron chi connectivity index (χ4n) is 1.79. The van der Waals surface area contributed by atoms with Crippen molar-refractivity contribution >= 4 is 23.6 Å². The standard InChI is InChI=1S/C11H16FN3O2S/c1-2-15-9(16)7-18-10(15)5-8(6-13)11(17)14-4-3-12/h8,10H,2-5,7H2,1H3,(H,14,17). The van der Waals surface area contributed by atoms with Crippen molar-refractivity contribution in [1.29, 1.82) is 5.26 Å². The maximum Gasteiger partial charge on any atom is 0.237 e. The number of hydrogen-bond acceptors (Lipinski definition) is 4. The number of amides is 2. The van der Waals surface area contributed by atoms with Gasteiger partial charge in [0.05, 0.1) is 17.2 Å². The molecule has 1 rings (SSSR count). The van der Waals surface area contributed by atoms with E-state index < -0.39 is 18.5 Å². The minimum atomic E-state index is -0.839. The van der Waals surface area contributed by atoms with Crippen LogP contribution in [-0.4, -0.2) is 47.6 Å². The third kappa shape index (κ3) is 3.60. The third-order valence-electron chi connectivity index (χ3n) is 2.71. The molecule has 1 N–H and O–H groups in total. The van der Waals surface area contributed by atoms with Crippen molar-refractivity contribution < 1.29 is 14.0 Å². The molecule has 0 saturated carbocycles. The lowest BCUT2D eigenvalue weighted by Gasteiger charge is -2.23. The summed E-state index contributed by atoms with van der Waals surface area (Å²) < 4.78 is 11.9. The van der Waals surface area contributed by atoms with Gasteiger partial charge in [-0.2, -0.15) is 5.26 Å². The van der Waals surface area contributed by atoms with Gasteiger partial charge in [0.2, 0.25) is 11.8 Å². The highest BCUT2D eigenvalue weighted by molar-refractivity contribution is 8.00. The van der Waals surface area contributed by atoms with E-state index in [1.165, 1.54) is 11.8 Å². The largest absolute Gasteiger partial charge is 0.352 e. The first kappa shape index (κ1) is 14.8. The lowest BCUT2D eigenvalue weighted by atomic mass is 10.1. The summed E-state index contributed by atoms with van der Waals surface area (Å²) in [6, 6.07) is 1.91. The molecule has 18 heavy (non-hydrogen) atoms. The summed E-state index contributed by atoms with van der Waals surface area (Å²) >= 11 is 1.44. The van der Waals surface area contributed by atoms with Crippen molar-refractivity contribution in [3.05, 3.63) is 0 Å². The summed E-state index contributed by atoms with van der Waals surface area (Å²) in [4.78, 5) is 24.7. The van der Waals surface area contributed by atoms with Crippen LogP contribution in [0.5, 0.6) is 0 Å². The molecule has 2 amide bonds. The van der Waals surface area contributed by atoms with Crippen molar-refractivity contribution in [1.82, 2.24) is 10.2 Å². The van der Waals surface area contributed by atoms with E-state index in [4.69, 9.17) is 5.26 Å². The Bertz CT molecular complexity index is 359.